The maximum Gasteiger partial charge on any atom is 0.501 e. The van der Waals surface area contributed by atoms with Crippen LogP contribution in [0.3, 0.4) is 0 Å². The first-order valence-corrected chi connectivity index (χ1v) is 8.21. The lowest BCUT2D eigenvalue weighted by molar-refractivity contribution is -0.0435. The summed E-state index contributed by atoms with van der Waals surface area (Å²) < 4.78 is 61.3. The summed E-state index contributed by atoms with van der Waals surface area (Å²) in [6.45, 7) is 3.76. The van der Waals surface area contributed by atoms with E-state index in [4.69, 9.17) is 11.6 Å². The van der Waals surface area contributed by atoms with E-state index in [0.29, 0.717) is 6.42 Å². The number of hydrogen-bond donors (Lipinski definition) is 1. The SMILES string of the molecule is CC1(C)C(Cl)CC1Nc1ccccc1S(=O)(=O)C(F)(F)F. The van der Waals surface area contributed by atoms with Gasteiger partial charge in [-0.15, -0.1) is 11.6 Å². The van der Waals surface area contributed by atoms with E-state index in [0.717, 1.165) is 6.07 Å². The van der Waals surface area contributed by atoms with Crippen LogP contribution in [0.1, 0.15) is 20.3 Å². The first-order valence-electron chi connectivity index (χ1n) is 6.29. The monoisotopic (exact) mass is 341 g/mol. The fraction of sp³-hybridized carbons (Fsp3) is 0.538. The van der Waals surface area contributed by atoms with Crippen LogP contribution in [0.2, 0.25) is 0 Å². The second-order valence-electron chi connectivity index (χ2n) is 5.67. The number of hydrogen-bond acceptors (Lipinski definition) is 3. The molecular weight excluding hydrogens is 327 g/mol. The molecule has 2 atom stereocenters. The second-order valence-corrected chi connectivity index (χ2v) is 8.10. The van der Waals surface area contributed by atoms with Gasteiger partial charge in [0.25, 0.3) is 9.84 Å². The zero-order valence-electron chi connectivity index (χ0n) is 11.4. The van der Waals surface area contributed by atoms with Crippen molar-refractivity contribution in [2.75, 3.05) is 5.32 Å². The molecule has 0 spiro atoms. The summed E-state index contributed by atoms with van der Waals surface area (Å²) in [5.74, 6) is 0. The molecule has 1 aromatic rings. The number of para-hydroxylation sites is 1. The summed E-state index contributed by atoms with van der Waals surface area (Å²) in [6, 6.07) is 4.86. The number of benzene rings is 1. The van der Waals surface area contributed by atoms with Crippen molar-refractivity contribution in [3.63, 3.8) is 0 Å². The van der Waals surface area contributed by atoms with Crippen LogP contribution in [0, 0.1) is 5.41 Å². The Morgan fingerprint density at radius 1 is 1.29 bits per heavy atom. The molecule has 1 N–H and O–H groups in total. The molecule has 0 bridgehead atoms. The normalized spacial score (nSPS) is 25.2. The van der Waals surface area contributed by atoms with Crippen LogP contribution in [0.15, 0.2) is 29.2 Å². The van der Waals surface area contributed by atoms with Gasteiger partial charge in [0.1, 0.15) is 0 Å². The summed E-state index contributed by atoms with van der Waals surface area (Å²) in [4.78, 5) is -0.758. The molecule has 1 fully saturated rings. The molecule has 21 heavy (non-hydrogen) atoms. The molecule has 0 aliphatic heterocycles. The van der Waals surface area contributed by atoms with Crippen LogP contribution in [-0.4, -0.2) is 25.3 Å². The van der Waals surface area contributed by atoms with Crippen molar-refractivity contribution in [3.05, 3.63) is 24.3 Å². The third-order valence-electron chi connectivity index (χ3n) is 3.96. The van der Waals surface area contributed by atoms with Crippen molar-refractivity contribution >= 4 is 27.1 Å². The summed E-state index contributed by atoms with van der Waals surface area (Å²) in [7, 11) is -5.38. The molecule has 1 saturated carbocycles. The number of halogens is 4. The quantitative estimate of drug-likeness (QED) is 0.851. The minimum Gasteiger partial charge on any atom is -0.381 e. The fourth-order valence-electron chi connectivity index (χ4n) is 2.25. The fourth-order valence-corrected chi connectivity index (χ4v) is 3.50. The number of anilines is 1. The van der Waals surface area contributed by atoms with E-state index in [1.54, 1.807) is 0 Å². The Morgan fingerprint density at radius 3 is 2.33 bits per heavy atom. The summed E-state index contributed by atoms with van der Waals surface area (Å²) >= 11 is 6.07. The highest BCUT2D eigenvalue weighted by atomic mass is 35.5. The molecule has 2 unspecified atom stereocenters. The van der Waals surface area contributed by atoms with Crippen molar-refractivity contribution in [2.24, 2.45) is 5.41 Å². The van der Waals surface area contributed by atoms with Crippen LogP contribution < -0.4 is 5.32 Å². The number of sulfone groups is 1. The van der Waals surface area contributed by atoms with Gasteiger partial charge in [-0.25, -0.2) is 8.42 Å². The van der Waals surface area contributed by atoms with E-state index >= 15 is 0 Å². The van der Waals surface area contributed by atoms with Crippen LogP contribution in [0.5, 0.6) is 0 Å². The van der Waals surface area contributed by atoms with Gasteiger partial charge in [0, 0.05) is 16.8 Å². The maximum atomic E-state index is 12.7. The predicted octanol–water partition coefficient (Wildman–Crippen LogP) is 3.80. The van der Waals surface area contributed by atoms with E-state index in [1.165, 1.54) is 18.2 Å². The molecule has 0 saturated heterocycles. The van der Waals surface area contributed by atoms with Gasteiger partial charge >= 0.3 is 5.51 Å². The molecule has 0 heterocycles. The van der Waals surface area contributed by atoms with Crippen LogP contribution in [0.4, 0.5) is 18.9 Å². The van der Waals surface area contributed by atoms with Gasteiger partial charge in [-0.3, -0.25) is 0 Å². The van der Waals surface area contributed by atoms with Gasteiger partial charge in [-0.1, -0.05) is 26.0 Å². The maximum absolute atomic E-state index is 12.7. The first kappa shape index (κ1) is 16.4. The molecule has 1 aliphatic carbocycles. The minimum absolute atomic E-state index is 0.0449. The minimum atomic E-state index is -5.38. The molecule has 0 amide bonds. The van der Waals surface area contributed by atoms with Crippen LogP contribution in [0.25, 0.3) is 0 Å². The number of rotatable bonds is 3. The van der Waals surface area contributed by atoms with Gasteiger partial charge in [-0.05, 0) is 18.6 Å². The summed E-state index contributed by atoms with van der Waals surface area (Å²) in [5, 5.41) is 2.79. The number of nitrogens with one attached hydrogen (secondary N) is 1. The molecule has 3 nitrogen and oxygen atoms in total. The summed E-state index contributed by atoms with van der Waals surface area (Å²) in [6.07, 6.45) is 0.564. The topological polar surface area (TPSA) is 46.2 Å². The predicted molar refractivity (Wildman–Crippen MR) is 75.1 cm³/mol. The average molecular weight is 342 g/mol. The Hall–Kier alpha value is -0.950. The van der Waals surface area contributed by atoms with Crippen LogP contribution >= 0.6 is 11.6 Å². The van der Waals surface area contributed by atoms with Crippen molar-refractivity contribution < 1.29 is 21.6 Å². The zero-order valence-corrected chi connectivity index (χ0v) is 13.0. The lowest BCUT2D eigenvalue weighted by Gasteiger charge is -2.49. The molecule has 2 rings (SSSR count). The molecular formula is C13H15ClF3NO2S. The Kier molecular flexibility index (Phi) is 3.95. The number of alkyl halides is 4. The Morgan fingerprint density at radius 2 is 1.86 bits per heavy atom. The highest BCUT2D eigenvalue weighted by molar-refractivity contribution is 7.92. The highest BCUT2D eigenvalue weighted by Crippen LogP contribution is 2.46. The molecule has 1 aliphatic rings. The van der Waals surface area contributed by atoms with Gasteiger partial charge in [-0.2, -0.15) is 13.2 Å². The van der Waals surface area contributed by atoms with E-state index in [1.807, 2.05) is 13.8 Å². The van der Waals surface area contributed by atoms with Crippen molar-refractivity contribution in [1.82, 2.24) is 0 Å². The highest BCUT2D eigenvalue weighted by Gasteiger charge is 2.50. The van der Waals surface area contributed by atoms with E-state index in [9.17, 15) is 21.6 Å². The standard InChI is InChI=1S/C13H15ClF3NO2S/c1-12(2)10(14)7-11(12)18-8-5-3-4-6-9(8)21(19,20)13(15,16)17/h3-6,10-11,18H,7H2,1-2H3. The third kappa shape index (κ3) is 2.73. The Labute approximate surface area is 126 Å². The van der Waals surface area contributed by atoms with E-state index < -0.39 is 20.2 Å². The van der Waals surface area contributed by atoms with Gasteiger partial charge < -0.3 is 5.32 Å². The molecule has 1 aromatic carbocycles. The molecule has 0 aromatic heterocycles. The van der Waals surface area contributed by atoms with E-state index in [2.05, 4.69) is 5.32 Å². The molecule has 0 radical (unpaired) electrons. The van der Waals surface area contributed by atoms with Crippen molar-refractivity contribution in [3.8, 4) is 0 Å². The largest absolute Gasteiger partial charge is 0.501 e. The summed E-state index contributed by atoms with van der Waals surface area (Å²) in [5.41, 5.74) is -5.69. The average Bonchev–Trinajstić information content (AvgIpc) is 2.37. The smallest absolute Gasteiger partial charge is 0.381 e. The third-order valence-corrected chi connectivity index (χ3v) is 6.24. The van der Waals surface area contributed by atoms with Gasteiger partial charge in [0.05, 0.1) is 10.6 Å². The van der Waals surface area contributed by atoms with Gasteiger partial charge in [0.2, 0.25) is 0 Å². The lowest BCUT2D eigenvalue weighted by atomic mass is 9.66. The first-order chi connectivity index (χ1) is 9.48. The molecule has 8 heteroatoms. The Bertz CT molecular complexity index is 643. The van der Waals surface area contributed by atoms with Gasteiger partial charge in [0.15, 0.2) is 0 Å². The van der Waals surface area contributed by atoms with Crippen molar-refractivity contribution in [2.45, 2.75) is 42.1 Å². The van der Waals surface area contributed by atoms with Crippen molar-refractivity contribution in [1.29, 1.82) is 0 Å². The lowest BCUT2D eigenvalue weighted by Crippen LogP contribution is -2.54. The molecule has 118 valence electrons. The van der Waals surface area contributed by atoms with E-state index in [-0.39, 0.29) is 22.5 Å². The zero-order chi connectivity index (χ0) is 16.1. The van der Waals surface area contributed by atoms with Crippen LogP contribution in [-0.2, 0) is 9.84 Å². The Balaban J connectivity index is 2.36. The second kappa shape index (κ2) is 5.05.